The lowest BCUT2D eigenvalue weighted by atomic mass is 10.1. The summed E-state index contributed by atoms with van der Waals surface area (Å²) < 4.78 is 7.72. The number of aryl methyl sites for hydroxylation is 3. The average Bonchev–Trinajstić information content (AvgIpc) is 3.00. The Morgan fingerprint density at radius 2 is 2.22 bits per heavy atom. The first-order valence-corrected chi connectivity index (χ1v) is 6.47. The molecule has 0 bridgehead atoms. The van der Waals surface area contributed by atoms with E-state index in [-0.39, 0.29) is 6.04 Å². The van der Waals surface area contributed by atoms with Crippen molar-refractivity contribution in [1.29, 1.82) is 0 Å². The van der Waals surface area contributed by atoms with Gasteiger partial charge in [0.25, 0.3) is 0 Å². The molecule has 4 nitrogen and oxygen atoms in total. The van der Waals surface area contributed by atoms with Crippen molar-refractivity contribution in [3.63, 3.8) is 0 Å². The summed E-state index contributed by atoms with van der Waals surface area (Å²) in [4.78, 5) is 0. The van der Waals surface area contributed by atoms with Crippen LogP contribution in [0.3, 0.4) is 0 Å². The fourth-order valence-corrected chi connectivity index (χ4v) is 2.14. The minimum atomic E-state index is 0.264. The third-order valence-corrected chi connectivity index (χ3v) is 3.33. The normalized spacial score (nSPS) is 12.8. The molecule has 0 aliphatic heterocycles. The Kier molecular flexibility index (Phi) is 4.20. The summed E-state index contributed by atoms with van der Waals surface area (Å²) in [6.45, 7) is 2.10. The molecule has 0 aliphatic carbocycles. The standard InChI is InChI=1S/C14H21N3O/c1-4-12-6-8-14(18-12)13(15-2)7-5-11-9-10-16-17(11)3/h6,8-10,13,15H,4-5,7H2,1-3H3. The minimum Gasteiger partial charge on any atom is -0.464 e. The van der Waals surface area contributed by atoms with Crippen LogP contribution in [-0.4, -0.2) is 16.8 Å². The van der Waals surface area contributed by atoms with Crippen LogP contribution in [0.15, 0.2) is 28.8 Å². The van der Waals surface area contributed by atoms with Gasteiger partial charge >= 0.3 is 0 Å². The molecule has 98 valence electrons. The number of nitrogens with zero attached hydrogens (tertiary/aromatic N) is 2. The van der Waals surface area contributed by atoms with Crippen LogP contribution in [0.4, 0.5) is 0 Å². The molecule has 4 heteroatoms. The number of furan rings is 1. The van der Waals surface area contributed by atoms with Crippen LogP contribution >= 0.6 is 0 Å². The van der Waals surface area contributed by atoms with E-state index >= 15 is 0 Å². The summed E-state index contributed by atoms with van der Waals surface area (Å²) in [7, 11) is 3.95. The smallest absolute Gasteiger partial charge is 0.121 e. The highest BCUT2D eigenvalue weighted by Crippen LogP contribution is 2.21. The molecule has 1 unspecified atom stereocenters. The largest absolute Gasteiger partial charge is 0.464 e. The fourth-order valence-electron chi connectivity index (χ4n) is 2.14. The van der Waals surface area contributed by atoms with Gasteiger partial charge in [-0.3, -0.25) is 4.68 Å². The van der Waals surface area contributed by atoms with Gasteiger partial charge in [0.15, 0.2) is 0 Å². The lowest BCUT2D eigenvalue weighted by molar-refractivity contribution is 0.393. The Hall–Kier alpha value is -1.55. The monoisotopic (exact) mass is 247 g/mol. The Morgan fingerprint density at radius 1 is 1.39 bits per heavy atom. The van der Waals surface area contributed by atoms with Crippen molar-refractivity contribution in [1.82, 2.24) is 15.1 Å². The van der Waals surface area contributed by atoms with E-state index in [1.807, 2.05) is 25.0 Å². The molecule has 0 saturated heterocycles. The molecule has 0 aromatic carbocycles. The Bertz CT molecular complexity index is 487. The quantitative estimate of drug-likeness (QED) is 0.852. The zero-order chi connectivity index (χ0) is 13.0. The van der Waals surface area contributed by atoms with Crippen LogP contribution in [-0.2, 0) is 19.9 Å². The molecule has 2 rings (SSSR count). The van der Waals surface area contributed by atoms with Crippen LogP contribution in [0.2, 0.25) is 0 Å². The first-order chi connectivity index (χ1) is 8.74. The number of hydrogen-bond acceptors (Lipinski definition) is 3. The van der Waals surface area contributed by atoms with Crippen molar-refractivity contribution < 1.29 is 4.42 Å². The number of hydrogen-bond donors (Lipinski definition) is 1. The Balaban J connectivity index is 1.99. The fraction of sp³-hybridized carbons (Fsp3) is 0.500. The van der Waals surface area contributed by atoms with Crippen LogP contribution in [0, 0.1) is 0 Å². The lowest BCUT2D eigenvalue weighted by Gasteiger charge is -2.13. The third-order valence-electron chi connectivity index (χ3n) is 3.33. The summed E-state index contributed by atoms with van der Waals surface area (Å²) in [6, 6.07) is 6.46. The predicted octanol–water partition coefficient (Wildman–Crippen LogP) is 2.47. The van der Waals surface area contributed by atoms with Crippen molar-refractivity contribution in [2.24, 2.45) is 7.05 Å². The van der Waals surface area contributed by atoms with Crippen LogP contribution < -0.4 is 5.32 Å². The molecule has 0 spiro atoms. The van der Waals surface area contributed by atoms with Crippen molar-refractivity contribution in [3.8, 4) is 0 Å². The van der Waals surface area contributed by atoms with Gasteiger partial charge in [-0.05, 0) is 38.1 Å². The molecule has 0 fully saturated rings. The van der Waals surface area contributed by atoms with E-state index in [2.05, 4.69) is 35.5 Å². The second-order valence-electron chi connectivity index (χ2n) is 4.48. The number of aromatic nitrogens is 2. The van der Waals surface area contributed by atoms with Crippen molar-refractivity contribution in [2.75, 3.05) is 7.05 Å². The number of rotatable bonds is 6. The van der Waals surface area contributed by atoms with Gasteiger partial charge in [-0.2, -0.15) is 5.10 Å². The van der Waals surface area contributed by atoms with Gasteiger partial charge in [-0.25, -0.2) is 0 Å². The van der Waals surface area contributed by atoms with Crippen LogP contribution in [0.1, 0.15) is 36.6 Å². The molecule has 0 aliphatic rings. The molecule has 0 saturated carbocycles. The van der Waals surface area contributed by atoms with Crippen LogP contribution in [0.5, 0.6) is 0 Å². The maximum Gasteiger partial charge on any atom is 0.121 e. The molecular weight excluding hydrogens is 226 g/mol. The SMILES string of the molecule is CCc1ccc(C(CCc2ccnn2C)NC)o1. The highest BCUT2D eigenvalue weighted by molar-refractivity contribution is 5.11. The Labute approximate surface area is 108 Å². The van der Waals surface area contributed by atoms with Crippen molar-refractivity contribution in [2.45, 2.75) is 32.2 Å². The predicted molar refractivity (Wildman–Crippen MR) is 71.4 cm³/mol. The molecular formula is C14H21N3O. The molecule has 0 amide bonds. The second kappa shape index (κ2) is 5.87. The summed E-state index contributed by atoms with van der Waals surface area (Å²) in [5.41, 5.74) is 1.25. The third kappa shape index (κ3) is 2.82. The summed E-state index contributed by atoms with van der Waals surface area (Å²) >= 11 is 0. The minimum absolute atomic E-state index is 0.264. The second-order valence-corrected chi connectivity index (χ2v) is 4.48. The van der Waals surface area contributed by atoms with Gasteiger partial charge in [0.2, 0.25) is 0 Å². The zero-order valence-electron chi connectivity index (χ0n) is 11.3. The van der Waals surface area contributed by atoms with E-state index in [0.29, 0.717) is 0 Å². The van der Waals surface area contributed by atoms with E-state index in [9.17, 15) is 0 Å². The zero-order valence-corrected chi connectivity index (χ0v) is 11.3. The maximum atomic E-state index is 5.80. The van der Waals surface area contributed by atoms with Gasteiger partial charge in [0.05, 0.1) is 6.04 Å². The molecule has 1 N–H and O–H groups in total. The topological polar surface area (TPSA) is 43.0 Å². The van der Waals surface area contributed by atoms with Gasteiger partial charge in [-0.1, -0.05) is 6.92 Å². The molecule has 0 radical (unpaired) electrons. The molecule has 1 atom stereocenters. The molecule has 2 aromatic rings. The van der Waals surface area contributed by atoms with Gasteiger partial charge in [0, 0.05) is 25.4 Å². The van der Waals surface area contributed by atoms with E-state index in [4.69, 9.17) is 4.42 Å². The van der Waals surface area contributed by atoms with E-state index in [0.717, 1.165) is 30.8 Å². The van der Waals surface area contributed by atoms with Crippen molar-refractivity contribution >= 4 is 0 Å². The molecule has 2 aromatic heterocycles. The summed E-state index contributed by atoms with van der Waals surface area (Å²) in [6.07, 6.45) is 4.78. The molecule has 2 heterocycles. The highest BCUT2D eigenvalue weighted by Gasteiger charge is 2.14. The van der Waals surface area contributed by atoms with Gasteiger partial charge in [-0.15, -0.1) is 0 Å². The first kappa shape index (κ1) is 12.9. The molecule has 18 heavy (non-hydrogen) atoms. The van der Waals surface area contributed by atoms with Crippen LogP contribution in [0.25, 0.3) is 0 Å². The highest BCUT2D eigenvalue weighted by atomic mass is 16.3. The summed E-state index contributed by atoms with van der Waals surface area (Å²) in [5, 5.41) is 7.50. The number of nitrogens with one attached hydrogen (secondary N) is 1. The maximum absolute atomic E-state index is 5.80. The van der Waals surface area contributed by atoms with E-state index in [1.165, 1.54) is 5.69 Å². The van der Waals surface area contributed by atoms with Crippen molar-refractivity contribution in [3.05, 3.63) is 41.6 Å². The van der Waals surface area contributed by atoms with E-state index < -0.39 is 0 Å². The summed E-state index contributed by atoms with van der Waals surface area (Å²) in [5.74, 6) is 2.07. The lowest BCUT2D eigenvalue weighted by Crippen LogP contribution is -2.17. The van der Waals surface area contributed by atoms with E-state index in [1.54, 1.807) is 0 Å². The Morgan fingerprint density at radius 3 is 2.78 bits per heavy atom. The van der Waals surface area contributed by atoms with Gasteiger partial charge in [0.1, 0.15) is 11.5 Å². The van der Waals surface area contributed by atoms with Gasteiger partial charge < -0.3 is 9.73 Å². The first-order valence-electron chi connectivity index (χ1n) is 6.47. The average molecular weight is 247 g/mol.